The summed E-state index contributed by atoms with van der Waals surface area (Å²) < 4.78 is 5.63. The van der Waals surface area contributed by atoms with Crippen LogP contribution < -0.4 is 0 Å². The van der Waals surface area contributed by atoms with Crippen molar-refractivity contribution < 1.29 is 4.74 Å². The fraction of sp³-hybridized carbons (Fsp3) is 0.545. The van der Waals surface area contributed by atoms with E-state index < -0.39 is 0 Å². The molecule has 0 N–H and O–H groups in total. The zero-order valence-electron chi connectivity index (χ0n) is 8.36. The standard InChI is InChI=1S/C11H17NO/c1-3-5-10(2)13-9-11-6-4-7-12-8-11/h4,6-8,10H,3,5,9H2,1-2H3. The molecule has 72 valence electrons. The van der Waals surface area contributed by atoms with E-state index in [4.69, 9.17) is 4.74 Å². The Morgan fingerprint density at radius 2 is 2.38 bits per heavy atom. The number of hydrogen-bond acceptors (Lipinski definition) is 2. The summed E-state index contributed by atoms with van der Waals surface area (Å²) in [5.41, 5.74) is 1.14. The minimum Gasteiger partial charge on any atom is -0.374 e. The van der Waals surface area contributed by atoms with Crippen molar-refractivity contribution in [2.24, 2.45) is 0 Å². The van der Waals surface area contributed by atoms with E-state index in [0.29, 0.717) is 12.7 Å². The van der Waals surface area contributed by atoms with E-state index in [1.54, 1.807) is 6.20 Å². The molecule has 0 aromatic carbocycles. The summed E-state index contributed by atoms with van der Waals surface area (Å²) in [7, 11) is 0. The number of aromatic nitrogens is 1. The molecule has 0 radical (unpaired) electrons. The van der Waals surface area contributed by atoms with Crippen LogP contribution in [0.1, 0.15) is 32.3 Å². The quantitative estimate of drug-likeness (QED) is 0.693. The Bertz CT molecular complexity index is 223. The molecule has 0 bridgehead atoms. The monoisotopic (exact) mass is 179 g/mol. The third-order valence-corrected chi connectivity index (χ3v) is 1.95. The zero-order chi connectivity index (χ0) is 9.52. The Morgan fingerprint density at radius 3 is 3.00 bits per heavy atom. The minimum atomic E-state index is 0.352. The van der Waals surface area contributed by atoms with Gasteiger partial charge in [0.05, 0.1) is 12.7 Å². The Hall–Kier alpha value is -0.890. The van der Waals surface area contributed by atoms with E-state index in [1.807, 2.05) is 18.3 Å². The van der Waals surface area contributed by atoms with Gasteiger partial charge in [-0.3, -0.25) is 4.98 Å². The summed E-state index contributed by atoms with van der Waals surface area (Å²) in [6.07, 6.45) is 6.27. The highest BCUT2D eigenvalue weighted by atomic mass is 16.5. The van der Waals surface area contributed by atoms with Gasteiger partial charge in [0.2, 0.25) is 0 Å². The fourth-order valence-corrected chi connectivity index (χ4v) is 1.21. The van der Waals surface area contributed by atoms with Crippen molar-refractivity contribution in [3.63, 3.8) is 0 Å². The molecular weight excluding hydrogens is 162 g/mol. The minimum absolute atomic E-state index is 0.352. The molecule has 1 unspecified atom stereocenters. The van der Waals surface area contributed by atoms with E-state index in [2.05, 4.69) is 18.8 Å². The lowest BCUT2D eigenvalue weighted by Gasteiger charge is -2.11. The number of rotatable bonds is 5. The highest BCUT2D eigenvalue weighted by Gasteiger charge is 2.00. The van der Waals surface area contributed by atoms with Crippen LogP contribution in [0.3, 0.4) is 0 Å². The number of hydrogen-bond donors (Lipinski definition) is 0. The van der Waals surface area contributed by atoms with E-state index in [0.717, 1.165) is 12.0 Å². The molecule has 1 atom stereocenters. The Labute approximate surface area is 80.0 Å². The Kier molecular flexibility index (Phi) is 4.47. The van der Waals surface area contributed by atoms with Crippen molar-refractivity contribution in [1.82, 2.24) is 4.98 Å². The van der Waals surface area contributed by atoms with E-state index in [-0.39, 0.29) is 0 Å². The van der Waals surface area contributed by atoms with E-state index >= 15 is 0 Å². The van der Waals surface area contributed by atoms with Crippen molar-refractivity contribution in [3.05, 3.63) is 30.1 Å². The van der Waals surface area contributed by atoms with Crippen LogP contribution in [0, 0.1) is 0 Å². The van der Waals surface area contributed by atoms with Crippen LogP contribution in [0.5, 0.6) is 0 Å². The van der Waals surface area contributed by atoms with Gasteiger partial charge in [0.15, 0.2) is 0 Å². The molecule has 0 aliphatic heterocycles. The summed E-state index contributed by atoms with van der Waals surface area (Å²) in [6.45, 7) is 4.96. The van der Waals surface area contributed by atoms with Crippen LogP contribution >= 0.6 is 0 Å². The molecule has 2 nitrogen and oxygen atoms in total. The van der Waals surface area contributed by atoms with Gasteiger partial charge in [-0.25, -0.2) is 0 Å². The zero-order valence-corrected chi connectivity index (χ0v) is 8.36. The van der Waals surface area contributed by atoms with Gasteiger partial charge in [-0.1, -0.05) is 19.4 Å². The highest BCUT2D eigenvalue weighted by molar-refractivity contribution is 5.06. The van der Waals surface area contributed by atoms with Gasteiger partial charge < -0.3 is 4.74 Å². The molecule has 0 aliphatic carbocycles. The molecule has 0 spiro atoms. The van der Waals surface area contributed by atoms with Crippen molar-refractivity contribution in [2.75, 3.05) is 0 Å². The molecule has 0 fully saturated rings. The van der Waals surface area contributed by atoms with Crippen molar-refractivity contribution in [2.45, 2.75) is 39.4 Å². The van der Waals surface area contributed by atoms with Gasteiger partial charge in [0, 0.05) is 12.4 Å². The molecule has 0 aliphatic rings. The van der Waals surface area contributed by atoms with Crippen LogP contribution in [0.25, 0.3) is 0 Å². The van der Waals surface area contributed by atoms with Gasteiger partial charge >= 0.3 is 0 Å². The van der Waals surface area contributed by atoms with Crippen LogP contribution in [-0.2, 0) is 11.3 Å². The first-order valence-corrected chi connectivity index (χ1v) is 4.83. The Morgan fingerprint density at radius 1 is 1.54 bits per heavy atom. The average molecular weight is 179 g/mol. The molecule has 1 rings (SSSR count). The topological polar surface area (TPSA) is 22.1 Å². The van der Waals surface area contributed by atoms with E-state index in [1.165, 1.54) is 6.42 Å². The van der Waals surface area contributed by atoms with Crippen LogP contribution in [0.15, 0.2) is 24.5 Å². The first-order chi connectivity index (χ1) is 6.33. The summed E-state index contributed by atoms with van der Waals surface area (Å²) in [4.78, 5) is 4.03. The maximum Gasteiger partial charge on any atom is 0.0735 e. The predicted octanol–water partition coefficient (Wildman–Crippen LogP) is 2.79. The van der Waals surface area contributed by atoms with Crippen molar-refractivity contribution >= 4 is 0 Å². The normalized spacial score (nSPS) is 12.8. The van der Waals surface area contributed by atoms with E-state index in [9.17, 15) is 0 Å². The molecule has 1 aromatic rings. The Balaban J connectivity index is 2.27. The summed E-state index contributed by atoms with van der Waals surface area (Å²) in [6, 6.07) is 3.97. The molecule has 2 heteroatoms. The third kappa shape index (κ3) is 4.04. The molecular formula is C11H17NO. The first-order valence-electron chi connectivity index (χ1n) is 4.83. The maximum absolute atomic E-state index is 5.63. The number of ether oxygens (including phenoxy) is 1. The number of pyridine rings is 1. The second-order valence-electron chi connectivity index (χ2n) is 3.27. The fourth-order valence-electron chi connectivity index (χ4n) is 1.21. The SMILES string of the molecule is CCCC(C)OCc1cccnc1. The largest absolute Gasteiger partial charge is 0.374 e. The van der Waals surface area contributed by atoms with Crippen LogP contribution in [0.2, 0.25) is 0 Å². The van der Waals surface area contributed by atoms with Crippen LogP contribution in [-0.4, -0.2) is 11.1 Å². The summed E-state index contributed by atoms with van der Waals surface area (Å²) >= 11 is 0. The smallest absolute Gasteiger partial charge is 0.0735 e. The molecule has 1 heterocycles. The lowest BCUT2D eigenvalue weighted by Crippen LogP contribution is -2.07. The lowest BCUT2D eigenvalue weighted by atomic mass is 10.2. The predicted molar refractivity (Wildman–Crippen MR) is 53.4 cm³/mol. The van der Waals surface area contributed by atoms with Gasteiger partial charge in [0.1, 0.15) is 0 Å². The average Bonchev–Trinajstić information content (AvgIpc) is 2.17. The van der Waals surface area contributed by atoms with Gasteiger partial charge in [-0.2, -0.15) is 0 Å². The third-order valence-electron chi connectivity index (χ3n) is 1.95. The molecule has 0 saturated heterocycles. The van der Waals surface area contributed by atoms with Crippen molar-refractivity contribution in [1.29, 1.82) is 0 Å². The first kappa shape index (κ1) is 10.2. The molecule has 0 saturated carbocycles. The van der Waals surface area contributed by atoms with Crippen molar-refractivity contribution in [3.8, 4) is 0 Å². The lowest BCUT2D eigenvalue weighted by molar-refractivity contribution is 0.0470. The van der Waals surface area contributed by atoms with Crippen LogP contribution in [0.4, 0.5) is 0 Å². The molecule has 0 amide bonds. The second kappa shape index (κ2) is 5.70. The summed E-state index contributed by atoms with van der Waals surface area (Å²) in [5, 5.41) is 0. The maximum atomic E-state index is 5.63. The number of nitrogens with zero attached hydrogens (tertiary/aromatic N) is 1. The summed E-state index contributed by atoms with van der Waals surface area (Å²) in [5.74, 6) is 0. The van der Waals surface area contributed by atoms with Gasteiger partial charge in [-0.05, 0) is 25.0 Å². The highest BCUT2D eigenvalue weighted by Crippen LogP contribution is 2.05. The van der Waals surface area contributed by atoms with Gasteiger partial charge in [0.25, 0.3) is 0 Å². The van der Waals surface area contributed by atoms with Gasteiger partial charge in [-0.15, -0.1) is 0 Å². The molecule has 1 aromatic heterocycles. The molecule has 13 heavy (non-hydrogen) atoms. The second-order valence-corrected chi connectivity index (χ2v) is 3.27.